The van der Waals surface area contributed by atoms with Crippen molar-refractivity contribution in [3.8, 4) is 6.07 Å². The van der Waals surface area contributed by atoms with Crippen LogP contribution in [0.4, 0.5) is 0 Å². The number of nitriles is 1. The quantitative estimate of drug-likeness (QED) is 0.803. The first-order valence-corrected chi connectivity index (χ1v) is 5.35. The lowest BCUT2D eigenvalue weighted by atomic mass is 10.1. The Labute approximate surface area is 92.3 Å². The highest BCUT2D eigenvalue weighted by Crippen LogP contribution is 2.25. The smallest absolute Gasteiger partial charge is 0.115 e. The van der Waals surface area contributed by atoms with Crippen molar-refractivity contribution in [2.75, 3.05) is 5.75 Å². The van der Waals surface area contributed by atoms with Crippen LogP contribution in [-0.4, -0.2) is 16.3 Å². The van der Waals surface area contributed by atoms with Gasteiger partial charge in [-0.25, -0.2) is 4.98 Å². The summed E-state index contributed by atoms with van der Waals surface area (Å²) in [5.74, 6) is 0.472. The van der Waals surface area contributed by atoms with Crippen LogP contribution in [0.5, 0.6) is 0 Å². The number of thioether (sulfide) groups is 1. The Bertz CT molecular complexity index is 359. The first-order valence-electron chi connectivity index (χ1n) is 3.98. The highest BCUT2D eigenvalue weighted by atomic mass is 35.5. The van der Waals surface area contributed by atoms with E-state index >= 15 is 0 Å². The van der Waals surface area contributed by atoms with Gasteiger partial charge in [0, 0.05) is 11.9 Å². The predicted molar refractivity (Wildman–Crippen MR) is 58.2 cm³/mol. The summed E-state index contributed by atoms with van der Waals surface area (Å²) in [6, 6.07) is 5.54. The van der Waals surface area contributed by atoms with Crippen molar-refractivity contribution >= 4 is 23.4 Å². The standard InChI is InChI=1S/C9H10ClN3S/c1-9(12,5-11)6-14-8-7(10)3-2-4-13-8/h2-4H,6,12H2,1H3. The van der Waals surface area contributed by atoms with E-state index in [2.05, 4.69) is 4.98 Å². The molecule has 14 heavy (non-hydrogen) atoms. The number of halogens is 1. The zero-order chi connectivity index (χ0) is 10.6. The lowest BCUT2D eigenvalue weighted by Crippen LogP contribution is -2.36. The molecule has 0 radical (unpaired) electrons. The van der Waals surface area contributed by atoms with E-state index in [0.717, 1.165) is 0 Å². The number of aromatic nitrogens is 1. The van der Waals surface area contributed by atoms with Gasteiger partial charge in [0.25, 0.3) is 0 Å². The van der Waals surface area contributed by atoms with Gasteiger partial charge in [-0.1, -0.05) is 11.6 Å². The summed E-state index contributed by atoms with van der Waals surface area (Å²) in [4.78, 5) is 4.08. The predicted octanol–water partition coefficient (Wildman–Crippen LogP) is 2.07. The van der Waals surface area contributed by atoms with Gasteiger partial charge >= 0.3 is 0 Å². The summed E-state index contributed by atoms with van der Waals surface area (Å²) in [5, 5.41) is 10.00. The van der Waals surface area contributed by atoms with Crippen molar-refractivity contribution < 1.29 is 0 Å². The molecule has 3 nitrogen and oxygen atoms in total. The Morgan fingerprint density at radius 1 is 1.79 bits per heavy atom. The van der Waals surface area contributed by atoms with Crippen LogP contribution < -0.4 is 5.73 Å². The van der Waals surface area contributed by atoms with Crippen molar-refractivity contribution in [1.29, 1.82) is 5.26 Å². The molecule has 74 valence electrons. The minimum atomic E-state index is -0.842. The maximum atomic E-state index is 8.70. The van der Waals surface area contributed by atoms with E-state index < -0.39 is 5.54 Å². The fraction of sp³-hybridized carbons (Fsp3) is 0.333. The van der Waals surface area contributed by atoms with Gasteiger partial charge in [0.05, 0.1) is 11.1 Å². The van der Waals surface area contributed by atoms with Crippen molar-refractivity contribution in [2.45, 2.75) is 17.5 Å². The van der Waals surface area contributed by atoms with Crippen LogP contribution in [0.15, 0.2) is 23.4 Å². The summed E-state index contributed by atoms with van der Waals surface area (Å²) in [5.41, 5.74) is 4.82. The van der Waals surface area contributed by atoms with E-state index in [9.17, 15) is 0 Å². The van der Waals surface area contributed by atoms with Crippen LogP contribution in [0.2, 0.25) is 5.02 Å². The van der Waals surface area contributed by atoms with Gasteiger partial charge in [-0.3, -0.25) is 0 Å². The number of nitrogens with zero attached hydrogens (tertiary/aromatic N) is 2. The fourth-order valence-corrected chi connectivity index (χ4v) is 1.86. The van der Waals surface area contributed by atoms with Crippen LogP contribution in [0.1, 0.15) is 6.92 Å². The largest absolute Gasteiger partial charge is 0.313 e. The molecular formula is C9H10ClN3S. The van der Waals surface area contributed by atoms with Gasteiger partial charge in [-0.05, 0) is 19.1 Å². The van der Waals surface area contributed by atoms with Crippen LogP contribution in [0, 0.1) is 11.3 Å². The van der Waals surface area contributed by atoms with Gasteiger partial charge in [0.15, 0.2) is 0 Å². The van der Waals surface area contributed by atoms with Gasteiger partial charge < -0.3 is 5.73 Å². The van der Waals surface area contributed by atoms with E-state index in [1.54, 1.807) is 25.3 Å². The third-order valence-electron chi connectivity index (χ3n) is 1.49. The summed E-state index contributed by atoms with van der Waals surface area (Å²) in [6.45, 7) is 1.68. The average Bonchev–Trinajstić information content (AvgIpc) is 2.17. The Kier molecular flexibility index (Phi) is 3.76. The Hall–Kier alpha value is -0.760. The first kappa shape index (κ1) is 11.3. The molecular weight excluding hydrogens is 218 g/mol. The normalized spacial score (nSPS) is 14.4. The summed E-state index contributed by atoms with van der Waals surface area (Å²) >= 11 is 7.28. The number of nitrogens with two attached hydrogens (primary N) is 1. The molecule has 1 rings (SSSR count). The van der Waals surface area contributed by atoms with Gasteiger partial charge in [0.2, 0.25) is 0 Å². The lowest BCUT2D eigenvalue weighted by molar-refractivity contribution is 0.681. The molecule has 0 aliphatic carbocycles. The molecule has 0 amide bonds. The third-order valence-corrected chi connectivity index (χ3v) is 3.25. The molecule has 0 saturated carbocycles. The second kappa shape index (κ2) is 4.65. The second-order valence-electron chi connectivity index (χ2n) is 3.11. The minimum Gasteiger partial charge on any atom is -0.313 e. The molecule has 1 unspecified atom stereocenters. The monoisotopic (exact) mass is 227 g/mol. The Morgan fingerprint density at radius 3 is 3.07 bits per heavy atom. The highest BCUT2D eigenvalue weighted by molar-refractivity contribution is 7.99. The molecule has 1 aromatic rings. The Morgan fingerprint density at radius 2 is 2.50 bits per heavy atom. The molecule has 0 aliphatic rings. The van der Waals surface area contributed by atoms with Crippen LogP contribution >= 0.6 is 23.4 Å². The first-order chi connectivity index (χ1) is 6.55. The molecule has 1 heterocycles. The average molecular weight is 228 g/mol. The molecule has 2 N–H and O–H groups in total. The van der Waals surface area contributed by atoms with E-state index in [-0.39, 0.29) is 0 Å². The van der Waals surface area contributed by atoms with Gasteiger partial charge in [-0.15, -0.1) is 11.8 Å². The number of hydrogen-bond donors (Lipinski definition) is 1. The van der Waals surface area contributed by atoms with E-state index in [0.29, 0.717) is 15.8 Å². The van der Waals surface area contributed by atoms with Crippen molar-refractivity contribution in [3.05, 3.63) is 23.4 Å². The van der Waals surface area contributed by atoms with Crippen LogP contribution in [0.25, 0.3) is 0 Å². The maximum absolute atomic E-state index is 8.70. The number of pyridine rings is 1. The summed E-state index contributed by atoms with van der Waals surface area (Å²) in [6.07, 6.45) is 1.66. The highest BCUT2D eigenvalue weighted by Gasteiger charge is 2.18. The third kappa shape index (κ3) is 3.18. The van der Waals surface area contributed by atoms with Crippen LogP contribution in [-0.2, 0) is 0 Å². The SMILES string of the molecule is CC(N)(C#N)CSc1ncccc1Cl. The lowest BCUT2D eigenvalue weighted by Gasteiger charge is -2.13. The number of hydrogen-bond acceptors (Lipinski definition) is 4. The molecule has 0 aromatic carbocycles. The van der Waals surface area contributed by atoms with Crippen molar-refractivity contribution in [2.24, 2.45) is 5.73 Å². The van der Waals surface area contributed by atoms with E-state index in [1.807, 2.05) is 6.07 Å². The molecule has 0 saturated heterocycles. The van der Waals surface area contributed by atoms with Gasteiger partial charge in [0.1, 0.15) is 10.6 Å². The van der Waals surface area contributed by atoms with Crippen molar-refractivity contribution in [3.63, 3.8) is 0 Å². The van der Waals surface area contributed by atoms with Crippen LogP contribution in [0.3, 0.4) is 0 Å². The molecule has 0 aliphatic heterocycles. The molecule has 0 fully saturated rings. The maximum Gasteiger partial charge on any atom is 0.115 e. The topological polar surface area (TPSA) is 62.7 Å². The molecule has 5 heteroatoms. The summed E-state index contributed by atoms with van der Waals surface area (Å²) in [7, 11) is 0. The van der Waals surface area contributed by atoms with E-state index in [4.69, 9.17) is 22.6 Å². The zero-order valence-electron chi connectivity index (χ0n) is 7.70. The zero-order valence-corrected chi connectivity index (χ0v) is 9.27. The van der Waals surface area contributed by atoms with Gasteiger partial charge in [-0.2, -0.15) is 5.26 Å². The van der Waals surface area contributed by atoms with E-state index in [1.165, 1.54) is 11.8 Å². The van der Waals surface area contributed by atoms with Crippen molar-refractivity contribution in [1.82, 2.24) is 4.98 Å². The molecule has 1 aromatic heterocycles. The minimum absolute atomic E-state index is 0.472. The Balaban J connectivity index is 2.64. The summed E-state index contributed by atoms with van der Waals surface area (Å²) < 4.78 is 0. The second-order valence-corrected chi connectivity index (χ2v) is 4.48. The number of rotatable bonds is 3. The molecule has 1 atom stereocenters. The fourth-order valence-electron chi connectivity index (χ4n) is 0.728. The molecule has 0 bridgehead atoms. The molecule has 0 spiro atoms.